The largest absolute Gasteiger partial charge is 0.359 e. The zero-order valence-electron chi connectivity index (χ0n) is 15.5. The van der Waals surface area contributed by atoms with E-state index in [1.807, 2.05) is 43.3 Å². The number of anilines is 1. The van der Waals surface area contributed by atoms with Crippen LogP contribution in [0.4, 0.5) is 10.5 Å². The van der Waals surface area contributed by atoms with Gasteiger partial charge in [-0.2, -0.15) is 0 Å². The smallest absolute Gasteiger partial charge is 0.322 e. The second-order valence-electron chi connectivity index (χ2n) is 6.13. The minimum atomic E-state index is -0.177. The van der Waals surface area contributed by atoms with Crippen molar-refractivity contribution in [3.8, 4) is 0 Å². The lowest BCUT2D eigenvalue weighted by Gasteiger charge is -2.27. The van der Waals surface area contributed by atoms with E-state index in [4.69, 9.17) is 0 Å². The van der Waals surface area contributed by atoms with Gasteiger partial charge in [0.25, 0.3) is 0 Å². The molecule has 0 radical (unpaired) electrons. The number of pyridine rings is 1. The summed E-state index contributed by atoms with van der Waals surface area (Å²) in [5, 5.41) is 5.55. The Morgan fingerprint density at radius 3 is 2.69 bits per heavy atom. The summed E-state index contributed by atoms with van der Waals surface area (Å²) in [5.74, 6) is 0.00132. The van der Waals surface area contributed by atoms with Crippen LogP contribution in [0.15, 0.2) is 48.8 Å². The van der Waals surface area contributed by atoms with E-state index in [-0.39, 0.29) is 18.0 Å². The summed E-state index contributed by atoms with van der Waals surface area (Å²) in [6.45, 7) is 2.04. The zero-order chi connectivity index (χ0) is 18.9. The summed E-state index contributed by atoms with van der Waals surface area (Å²) in [4.78, 5) is 29.9. The number of carbonyl (C=O) groups excluding carboxylic acids is 2. The molecule has 6 nitrogen and oxygen atoms in total. The minimum absolute atomic E-state index is 0.00132. The molecule has 0 fully saturated rings. The predicted molar refractivity (Wildman–Crippen MR) is 103 cm³/mol. The third-order valence-electron chi connectivity index (χ3n) is 4.34. The number of amides is 3. The second-order valence-corrected chi connectivity index (χ2v) is 6.13. The van der Waals surface area contributed by atoms with Crippen molar-refractivity contribution in [1.82, 2.24) is 15.2 Å². The normalized spacial score (nSPS) is 11.5. The van der Waals surface area contributed by atoms with Crippen LogP contribution < -0.4 is 10.6 Å². The van der Waals surface area contributed by atoms with Crippen molar-refractivity contribution in [2.24, 2.45) is 0 Å². The number of carbonyl (C=O) groups is 2. The maximum atomic E-state index is 12.6. The van der Waals surface area contributed by atoms with Gasteiger partial charge in [0.15, 0.2) is 0 Å². The molecule has 1 unspecified atom stereocenters. The Morgan fingerprint density at radius 1 is 1.23 bits per heavy atom. The number of aromatic nitrogens is 1. The number of hydrogen-bond donors (Lipinski definition) is 2. The highest BCUT2D eigenvalue weighted by Crippen LogP contribution is 2.23. The summed E-state index contributed by atoms with van der Waals surface area (Å²) >= 11 is 0. The summed E-state index contributed by atoms with van der Waals surface area (Å²) in [6, 6.07) is 11.2. The van der Waals surface area contributed by atoms with Gasteiger partial charge in [0.05, 0.1) is 6.04 Å². The molecule has 26 heavy (non-hydrogen) atoms. The molecule has 0 spiro atoms. The Morgan fingerprint density at radius 2 is 2.04 bits per heavy atom. The molecular weight excluding hydrogens is 328 g/mol. The van der Waals surface area contributed by atoms with Crippen LogP contribution in [0.3, 0.4) is 0 Å². The van der Waals surface area contributed by atoms with Crippen LogP contribution in [0.1, 0.15) is 36.9 Å². The Balaban J connectivity index is 2.03. The topological polar surface area (TPSA) is 74.3 Å². The Kier molecular flexibility index (Phi) is 7.14. The summed E-state index contributed by atoms with van der Waals surface area (Å²) < 4.78 is 0. The van der Waals surface area contributed by atoms with E-state index in [0.717, 1.165) is 23.2 Å². The maximum absolute atomic E-state index is 12.6. The van der Waals surface area contributed by atoms with Gasteiger partial charge >= 0.3 is 6.03 Å². The molecule has 0 aliphatic rings. The lowest BCUT2D eigenvalue weighted by Crippen LogP contribution is -2.34. The molecule has 0 saturated heterocycles. The maximum Gasteiger partial charge on any atom is 0.322 e. The molecule has 2 aromatic rings. The van der Waals surface area contributed by atoms with Crippen molar-refractivity contribution < 1.29 is 9.59 Å². The van der Waals surface area contributed by atoms with Crippen molar-refractivity contribution in [1.29, 1.82) is 0 Å². The number of hydrogen-bond acceptors (Lipinski definition) is 3. The fraction of sp³-hybridized carbons (Fsp3) is 0.350. The van der Waals surface area contributed by atoms with E-state index >= 15 is 0 Å². The molecule has 6 heteroatoms. The van der Waals surface area contributed by atoms with Gasteiger partial charge in [-0.15, -0.1) is 0 Å². The first-order valence-electron chi connectivity index (χ1n) is 8.78. The highest BCUT2D eigenvalue weighted by molar-refractivity contribution is 5.89. The van der Waals surface area contributed by atoms with Crippen molar-refractivity contribution in [2.75, 3.05) is 19.4 Å². The van der Waals surface area contributed by atoms with Crippen LogP contribution in [0.5, 0.6) is 0 Å². The molecular formula is C20H26N4O2. The number of aryl methyl sites for hydroxylation is 1. The molecule has 2 N–H and O–H groups in total. The van der Waals surface area contributed by atoms with Crippen LogP contribution in [-0.4, -0.2) is 35.9 Å². The standard InChI is InChI=1S/C20H26N4O2/c1-4-18(16-8-6-12-22-14-16)24(3)20(26)23-17-9-5-7-15(13-17)10-11-19(25)21-2/h5-9,12-14,18H,4,10-11H2,1-3H3,(H,21,25)(H,23,26). The third-order valence-corrected chi connectivity index (χ3v) is 4.34. The van der Waals surface area contributed by atoms with Crippen LogP contribution in [0.25, 0.3) is 0 Å². The Labute approximate surface area is 154 Å². The summed E-state index contributed by atoms with van der Waals surface area (Å²) in [6.07, 6.45) is 5.36. The molecule has 0 saturated carbocycles. The Bertz CT molecular complexity index is 734. The van der Waals surface area contributed by atoms with E-state index in [1.54, 1.807) is 31.4 Å². The van der Waals surface area contributed by atoms with Crippen molar-refractivity contribution in [2.45, 2.75) is 32.2 Å². The second kappa shape index (κ2) is 9.56. The molecule has 1 heterocycles. The molecule has 0 aliphatic carbocycles. The van der Waals surface area contributed by atoms with E-state index in [1.165, 1.54) is 0 Å². The van der Waals surface area contributed by atoms with Gasteiger partial charge in [-0.1, -0.05) is 25.1 Å². The number of urea groups is 1. The molecule has 1 aromatic carbocycles. The monoisotopic (exact) mass is 354 g/mol. The first-order valence-corrected chi connectivity index (χ1v) is 8.78. The average Bonchev–Trinajstić information content (AvgIpc) is 2.67. The number of benzene rings is 1. The molecule has 0 bridgehead atoms. The lowest BCUT2D eigenvalue weighted by atomic mass is 10.1. The van der Waals surface area contributed by atoms with E-state index in [9.17, 15) is 9.59 Å². The average molecular weight is 354 g/mol. The Hall–Kier alpha value is -2.89. The molecule has 1 aromatic heterocycles. The summed E-state index contributed by atoms with van der Waals surface area (Å²) in [5.41, 5.74) is 2.73. The van der Waals surface area contributed by atoms with E-state index in [0.29, 0.717) is 12.8 Å². The quantitative estimate of drug-likeness (QED) is 0.800. The number of nitrogens with one attached hydrogen (secondary N) is 2. The van der Waals surface area contributed by atoms with Crippen LogP contribution in [0, 0.1) is 0 Å². The van der Waals surface area contributed by atoms with Crippen molar-refractivity contribution >= 4 is 17.6 Å². The van der Waals surface area contributed by atoms with Crippen LogP contribution >= 0.6 is 0 Å². The first kappa shape index (κ1) is 19.4. The molecule has 2 rings (SSSR count). The zero-order valence-corrected chi connectivity index (χ0v) is 15.5. The lowest BCUT2D eigenvalue weighted by molar-refractivity contribution is -0.120. The van der Waals surface area contributed by atoms with Gasteiger partial charge < -0.3 is 15.5 Å². The minimum Gasteiger partial charge on any atom is -0.359 e. The van der Waals surface area contributed by atoms with Crippen LogP contribution in [0.2, 0.25) is 0 Å². The third kappa shape index (κ3) is 5.31. The first-order chi connectivity index (χ1) is 12.5. The summed E-state index contributed by atoms with van der Waals surface area (Å²) in [7, 11) is 3.41. The fourth-order valence-electron chi connectivity index (χ4n) is 2.85. The van der Waals surface area contributed by atoms with Crippen molar-refractivity contribution in [3.63, 3.8) is 0 Å². The fourth-order valence-corrected chi connectivity index (χ4v) is 2.85. The van der Waals surface area contributed by atoms with Gasteiger partial charge in [-0.3, -0.25) is 9.78 Å². The number of rotatable bonds is 7. The molecule has 3 amide bonds. The van der Waals surface area contributed by atoms with Gasteiger partial charge in [-0.05, 0) is 42.2 Å². The highest BCUT2D eigenvalue weighted by Gasteiger charge is 2.20. The highest BCUT2D eigenvalue weighted by atomic mass is 16.2. The molecule has 1 atom stereocenters. The van der Waals surface area contributed by atoms with Crippen molar-refractivity contribution in [3.05, 3.63) is 59.9 Å². The van der Waals surface area contributed by atoms with Gasteiger partial charge in [0, 0.05) is 38.6 Å². The van der Waals surface area contributed by atoms with Gasteiger partial charge in [0.2, 0.25) is 5.91 Å². The van der Waals surface area contributed by atoms with Gasteiger partial charge in [-0.25, -0.2) is 4.79 Å². The van der Waals surface area contributed by atoms with Crippen LogP contribution in [-0.2, 0) is 11.2 Å². The molecule has 138 valence electrons. The van der Waals surface area contributed by atoms with E-state index in [2.05, 4.69) is 15.6 Å². The SMILES string of the molecule is CCC(c1cccnc1)N(C)C(=O)Nc1cccc(CCC(=O)NC)c1. The predicted octanol–water partition coefficient (Wildman–Crippen LogP) is 3.38. The molecule has 0 aliphatic heterocycles. The van der Waals surface area contributed by atoms with E-state index < -0.39 is 0 Å². The number of nitrogens with zero attached hydrogens (tertiary/aromatic N) is 2. The van der Waals surface area contributed by atoms with Gasteiger partial charge in [0.1, 0.15) is 0 Å².